The molecule has 4 nitrogen and oxygen atoms in total. The molecule has 110 valence electrons. The normalized spacial score (nSPS) is 10.5. The van der Waals surface area contributed by atoms with E-state index in [0.29, 0.717) is 15.7 Å². The molecule has 0 bridgehead atoms. The first kappa shape index (κ1) is 16.0. The van der Waals surface area contributed by atoms with Crippen LogP contribution >= 0.6 is 39.1 Å². The number of nitrogens with zero attached hydrogens (tertiary/aromatic N) is 1. The van der Waals surface area contributed by atoms with Gasteiger partial charge in [-0.05, 0) is 34.1 Å². The maximum absolute atomic E-state index is 13.2. The number of nitrogens with one attached hydrogen (secondary N) is 1. The van der Waals surface area contributed by atoms with E-state index < -0.39 is 10.7 Å². The maximum Gasteiger partial charge on any atom is 0.275 e. The van der Waals surface area contributed by atoms with Gasteiger partial charge < -0.3 is 5.32 Å². The molecule has 0 heterocycles. The van der Waals surface area contributed by atoms with Crippen molar-refractivity contribution in [2.24, 2.45) is 0 Å². The standard InChI is InChI=1S/C13H8BrCl2FN2O2/c14-9-4-7(17)5-11(16)13(9)18-6-8-10(15)2-1-3-12(8)19(20)21/h1-5,18H,6H2. The number of nitro benzene ring substituents is 1. The third-order valence-corrected chi connectivity index (χ3v) is 4.02. The predicted molar refractivity (Wildman–Crippen MR) is 84.5 cm³/mol. The average molecular weight is 394 g/mol. The number of anilines is 1. The van der Waals surface area contributed by atoms with Gasteiger partial charge in [-0.25, -0.2) is 4.39 Å². The SMILES string of the molecule is O=[N+]([O-])c1cccc(Cl)c1CNc1c(Cl)cc(F)cc1Br. The number of hydrogen-bond acceptors (Lipinski definition) is 3. The fourth-order valence-corrected chi connectivity index (χ4v) is 2.98. The molecule has 0 aromatic heterocycles. The monoisotopic (exact) mass is 392 g/mol. The minimum atomic E-state index is -0.510. The van der Waals surface area contributed by atoms with Crippen molar-refractivity contribution >= 4 is 50.5 Å². The van der Waals surface area contributed by atoms with Gasteiger partial charge in [0, 0.05) is 17.1 Å². The van der Waals surface area contributed by atoms with Crippen LogP contribution in [0.25, 0.3) is 0 Å². The Kier molecular flexibility index (Phi) is 5.03. The fraction of sp³-hybridized carbons (Fsp3) is 0.0769. The summed E-state index contributed by atoms with van der Waals surface area (Å²) in [5.41, 5.74) is 0.674. The Labute approximate surface area is 138 Å². The molecule has 2 rings (SSSR count). The molecule has 0 atom stereocenters. The first-order valence-electron chi connectivity index (χ1n) is 5.70. The highest BCUT2D eigenvalue weighted by atomic mass is 79.9. The summed E-state index contributed by atoms with van der Waals surface area (Å²) in [6, 6.07) is 6.83. The second-order valence-corrected chi connectivity index (χ2v) is 5.76. The molecule has 0 amide bonds. The van der Waals surface area contributed by atoms with Gasteiger partial charge in [-0.15, -0.1) is 0 Å². The Morgan fingerprint density at radius 2 is 2.00 bits per heavy atom. The topological polar surface area (TPSA) is 55.2 Å². The first-order chi connectivity index (χ1) is 9.90. The quantitative estimate of drug-likeness (QED) is 0.557. The zero-order valence-corrected chi connectivity index (χ0v) is 13.5. The Bertz CT molecular complexity index is 690. The zero-order chi connectivity index (χ0) is 15.6. The van der Waals surface area contributed by atoms with Crippen LogP contribution in [0.2, 0.25) is 10.0 Å². The van der Waals surface area contributed by atoms with Crippen LogP contribution in [0.5, 0.6) is 0 Å². The Morgan fingerprint density at radius 1 is 1.29 bits per heavy atom. The van der Waals surface area contributed by atoms with E-state index in [0.717, 1.165) is 6.07 Å². The molecule has 0 unspecified atom stereocenters. The highest BCUT2D eigenvalue weighted by Crippen LogP contribution is 2.33. The lowest BCUT2D eigenvalue weighted by Crippen LogP contribution is -2.05. The lowest BCUT2D eigenvalue weighted by atomic mass is 10.1. The van der Waals surface area contributed by atoms with Crippen LogP contribution in [-0.2, 0) is 6.54 Å². The molecular weight excluding hydrogens is 386 g/mol. The van der Waals surface area contributed by atoms with Crippen LogP contribution in [0.3, 0.4) is 0 Å². The van der Waals surface area contributed by atoms with Gasteiger partial charge in [0.15, 0.2) is 0 Å². The van der Waals surface area contributed by atoms with Crippen LogP contribution in [-0.4, -0.2) is 4.92 Å². The molecular formula is C13H8BrCl2FN2O2. The van der Waals surface area contributed by atoms with E-state index in [2.05, 4.69) is 21.2 Å². The molecule has 21 heavy (non-hydrogen) atoms. The van der Waals surface area contributed by atoms with Crippen LogP contribution in [0.4, 0.5) is 15.8 Å². The lowest BCUT2D eigenvalue weighted by Gasteiger charge is -2.12. The summed E-state index contributed by atoms with van der Waals surface area (Å²) < 4.78 is 13.6. The van der Waals surface area contributed by atoms with Crippen molar-refractivity contribution < 1.29 is 9.31 Å². The van der Waals surface area contributed by atoms with E-state index in [9.17, 15) is 14.5 Å². The third kappa shape index (κ3) is 3.64. The van der Waals surface area contributed by atoms with Crippen molar-refractivity contribution in [2.75, 3.05) is 5.32 Å². The van der Waals surface area contributed by atoms with E-state index in [4.69, 9.17) is 23.2 Å². The van der Waals surface area contributed by atoms with Crippen LogP contribution in [0.1, 0.15) is 5.56 Å². The molecule has 0 fully saturated rings. The molecule has 2 aromatic rings. The molecule has 0 saturated carbocycles. The van der Waals surface area contributed by atoms with E-state index >= 15 is 0 Å². The average Bonchev–Trinajstić information content (AvgIpc) is 2.38. The van der Waals surface area contributed by atoms with Crippen molar-refractivity contribution in [1.82, 2.24) is 0 Å². The summed E-state index contributed by atoms with van der Waals surface area (Å²) in [5.74, 6) is -0.485. The van der Waals surface area contributed by atoms with Crippen molar-refractivity contribution in [3.05, 3.63) is 66.3 Å². The Morgan fingerprint density at radius 3 is 2.62 bits per heavy atom. The van der Waals surface area contributed by atoms with Gasteiger partial charge in [0.1, 0.15) is 5.82 Å². The smallest absolute Gasteiger partial charge is 0.275 e. The van der Waals surface area contributed by atoms with E-state index in [1.54, 1.807) is 6.07 Å². The second kappa shape index (κ2) is 6.60. The van der Waals surface area contributed by atoms with Crippen molar-refractivity contribution in [1.29, 1.82) is 0 Å². The van der Waals surface area contributed by atoms with Crippen molar-refractivity contribution in [3.8, 4) is 0 Å². The highest BCUT2D eigenvalue weighted by Gasteiger charge is 2.17. The molecule has 0 aliphatic rings. The van der Waals surface area contributed by atoms with Gasteiger partial charge in [-0.2, -0.15) is 0 Å². The minimum absolute atomic E-state index is 0.0833. The third-order valence-electron chi connectivity index (χ3n) is 2.74. The summed E-state index contributed by atoms with van der Waals surface area (Å²) in [6.07, 6.45) is 0. The molecule has 0 spiro atoms. The zero-order valence-electron chi connectivity index (χ0n) is 10.4. The van der Waals surface area contributed by atoms with Gasteiger partial charge in [-0.1, -0.05) is 29.3 Å². The largest absolute Gasteiger partial charge is 0.379 e. The summed E-state index contributed by atoms with van der Waals surface area (Å²) in [6.45, 7) is 0.0833. The van der Waals surface area contributed by atoms with Gasteiger partial charge in [0.05, 0.1) is 26.2 Å². The molecule has 0 aliphatic heterocycles. The molecule has 0 radical (unpaired) electrons. The second-order valence-electron chi connectivity index (χ2n) is 4.09. The summed E-state index contributed by atoms with van der Waals surface area (Å²) in [7, 11) is 0. The maximum atomic E-state index is 13.2. The van der Waals surface area contributed by atoms with Gasteiger partial charge in [0.25, 0.3) is 5.69 Å². The van der Waals surface area contributed by atoms with E-state index in [-0.39, 0.29) is 22.3 Å². The summed E-state index contributed by atoms with van der Waals surface area (Å²) >= 11 is 15.1. The van der Waals surface area contributed by atoms with Gasteiger partial charge in [-0.3, -0.25) is 10.1 Å². The number of benzene rings is 2. The molecule has 2 aromatic carbocycles. The van der Waals surface area contributed by atoms with Crippen LogP contribution in [0.15, 0.2) is 34.8 Å². The number of hydrogen-bond donors (Lipinski definition) is 1. The van der Waals surface area contributed by atoms with Crippen molar-refractivity contribution in [2.45, 2.75) is 6.54 Å². The summed E-state index contributed by atoms with van der Waals surface area (Å²) in [5, 5.41) is 14.4. The highest BCUT2D eigenvalue weighted by molar-refractivity contribution is 9.10. The van der Waals surface area contributed by atoms with Crippen LogP contribution in [0, 0.1) is 15.9 Å². The lowest BCUT2D eigenvalue weighted by molar-refractivity contribution is -0.385. The van der Waals surface area contributed by atoms with Crippen molar-refractivity contribution in [3.63, 3.8) is 0 Å². The van der Waals surface area contributed by atoms with Gasteiger partial charge >= 0.3 is 0 Å². The molecule has 0 aliphatic carbocycles. The number of nitro groups is 1. The number of halogens is 4. The molecule has 8 heteroatoms. The summed E-state index contributed by atoms with van der Waals surface area (Å²) in [4.78, 5) is 10.5. The molecule has 0 saturated heterocycles. The minimum Gasteiger partial charge on any atom is -0.379 e. The molecule has 1 N–H and O–H groups in total. The Balaban J connectivity index is 2.31. The van der Waals surface area contributed by atoms with Gasteiger partial charge in [0.2, 0.25) is 0 Å². The van der Waals surface area contributed by atoms with Crippen LogP contribution < -0.4 is 5.32 Å². The predicted octanol–water partition coefficient (Wildman–Crippen LogP) is 5.42. The fourth-order valence-electron chi connectivity index (χ4n) is 1.78. The van der Waals surface area contributed by atoms with E-state index in [1.807, 2.05) is 0 Å². The number of rotatable bonds is 4. The first-order valence-corrected chi connectivity index (χ1v) is 7.25. The van der Waals surface area contributed by atoms with E-state index in [1.165, 1.54) is 18.2 Å². The Hall–Kier alpha value is -1.37.